The van der Waals surface area contributed by atoms with Gasteiger partial charge in [-0.2, -0.15) is 0 Å². The van der Waals surface area contributed by atoms with Crippen LogP contribution in [-0.2, 0) is 77.0 Å². The van der Waals surface area contributed by atoms with Crippen molar-refractivity contribution in [1.82, 2.24) is 38.4 Å². The van der Waals surface area contributed by atoms with Gasteiger partial charge in [-0.05, 0) is 92.1 Å². The van der Waals surface area contributed by atoms with E-state index in [1.54, 1.807) is 122 Å². The molecule has 4 aromatic heterocycles. The first-order chi connectivity index (χ1) is 45.3. The molecule has 9 rings (SSSR count). The van der Waals surface area contributed by atoms with Gasteiger partial charge in [-0.25, -0.2) is 4.98 Å². The number of benzene rings is 2. The number of carbonyl (C=O) groups excluding carboxylic acids is 11. The maximum atomic E-state index is 14.1. The van der Waals surface area contributed by atoms with Crippen molar-refractivity contribution < 1.29 is 67.0 Å². The number of anilines is 2. The third-order valence-electron chi connectivity index (χ3n) is 17.3. The number of aromatic nitrogens is 5. The highest BCUT2D eigenvalue weighted by Gasteiger charge is 2.36. The molecule has 3 aliphatic rings. The molecule has 25 nitrogen and oxygen atoms in total. The van der Waals surface area contributed by atoms with E-state index in [-0.39, 0.29) is 178 Å². The van der Waals surface area contributed by atoms with Gasteiger partial charge in [0.25, 0.3) is 17.7 Å². The molecule has 2 aromatic carbocycles. The summed E-state index contributed by atoms with van der Waals surface area (Å²) in [5.41, 5.74) is 5.49. The number of fused-ring (bicyclic) bond motifs is 3. The smallest absolute Gasteiger partial charge is 0.279 e. The number of ketones is 4. The van der Waals surface area contributed by atoms with E-state index in [9.17, 15) is 52.7 Å². The molecular formula is C70H83N11O14. The largest absolute Gasteiger partial charge is 0.493 e. The number of nitrogens with one attached hydrogen (secondary N) is 3. The number of ether oxygens (including phenoxy) is 3. The fourth-order valence-corrected chi connectivity index (χ4v) is 11.9. The topological polar surface area (TPSA) is 303 Å². The van der Waals surface area contributed by atoms with Crippen LogP contribution in [0.15, 0.2) is 90.5 Å². The molecule has 0 saturated carbocycles. The van der Waals surface area contributed by atoms with Crippen molar-refractivity contribution >= 4 is 98.8 Å². The van der Waals surface area contributed by atoms with E-state index in [1.807, 2.05) is 26.8 Å². The Morgan fingerprint density at radius 3 is 2.24 bits per heavy atom. The number of hydrogen-bond acceptors (Lipinski definition) is 16. The number of carbonyl (C=O) groups is 11. The zero-order chi connectivity index (χ0) is 68.4. The van der Waals surface area contributed by atoms with Crippen LogP contribution in [-0.4, -0.2) is 162 Å². The summed E-state index contributed by atoms with van der Waals surface area (Å²) in [5, 5.41) is 9.12. The van der Waals surface area contributed by atoms with E-state index in [0.717, 1.165) is 16.0 Å². The van der Waals surface area contributed by atoms with Gasteiger partial charge in [0, 0.05) is 146 Å². The highest BCUT2D eigenvalue weighted by Crippen LogP contribution is 2.35. The predicted octanol–water partition coefficient (Wildman–Crippen LogP) is 7.42. The van der Waals surface area contributed by atoms with Gasteiger partial charge in [0.2, 0.25) is 29.4 Å². The van der Waals surface area contributed by atoms with E-state index in [1.165, 1.54) is 9.13 Å². The van der Waals surface area contributed by atoms with Crippen molar-refractivity contribution in [1.29, 1.82) is 0 Å². The molecule has 3 aliphatic heterocycles. The van der Waals surface area contributed by atoms with Crippen molar-refractivity contribution in [2.75, 3.05) is 56.8 Å². The van der Waals surface area contributed by atoms with Crippen molar-refractivity contribution in [3.05, 3.63) is 125 Å². The third-order valence-corrected chi connectivity index (χ3v) is 17.3. The number of Topliss-reactive ketones (excluding diaryl/α,β-unsaturated/α-hetero) is 4. The number of aliphatic imine (C=N–C) groups is 1. The van der Waals surface area contributed by atoms with E-state index >= 15 is 0 Å². The summed E-state index contributed by atoms with van der Waals surface area (Å²) in [6.07, 6.45) is 10.5. The van der Waals surface area contributed by atoms with Crippen LogP contribution in [0, 0.1) is 24.7 Å². The summed E-state index contributed by atoms with van der Waals surface area (Å²) in [5.74, 6) is -3.26. The Labute approximate surface area is 550 Å². The number of imide groups is 1. The summed E-state index contributed by atoms with van der Waals surface area (Å²) in [6.45, 7) is 14.7. The fraction of sp³-hybridized carbons (Fsp3) is 0.443. The van der Waals surface area contributed by atoms with Crippen LogP contribution in [0.1, 0.15) is 144 Å². The van der Waals surface area contributed by atoms with Gasteiger partial charge in [-0.15, -0.1) is 0 Å². The van der Waals surface area contributed by atoms with Crippen LogP contribution in [0.25, 0.3) is 10.9 Å². The van der Waals surface area contributed by atoms with E-state index in [0.29, 0.717) is 77.1 Å². The van der Waals surface area contributed by atoms with Gasteiger partial charge >= 0.3 is 0 Å². The molecular weight excluding hydrogens is 1220 g/mol. The van der Waals surface area contributed by atoms with Gasteiger partial charge in [0.05, 0.1) is 61.0 Å². The summed E-state index contributed by atoms with van der Waals surface area (Å²) >= 11 is 0. The molecule has 4 atom stereocenters. The second-order valence-electron chi connectivity index (χ2n) is 25.3. The van der Waals surface area contributed by atoms with Gasteiger partial charge < -0.3 is 48.8 Å². The van der Waals surface area contributed by atoms with Crippen LogP contribution in [0.5, 0.6) is 5.75 Å². The fourth-order valence-electron chi connectivity index (χ4n) is 11.9. The van der Waals surface area contributed by atoms with Gasteiger partial charge in [-0.3, -0.25) is 67.2 Å². The second-order valence-corrected chi connectivity index (χ2v) is 25.3. The maximum absolute atomic E-state index is 14.1. The molecule has 95 heavy (non-hydrogen) atoms. The first-order valence-electron chi connectivity index (χ1n) is 32.1. The molecule has 3 N–H and O–H groups in total. The monoisotopic (exact) mass is 1300 g/mol. The second kappa shape index (κ2) is 31.0. The molecule has 502 valence electrons. The highest BCUT2D eigenvalue weighted by atomic mass is 16.5. The standard InChI is InChI=1S/C70H83N11O14/c1-41(2)53(34-52(83)18-23-94-25-24-93-21-10-12-51(82)17-20-80-64(87)28-44(5)68(80)90)66(88)72-45(6)59(84)31-46-14-15-56-48(29-46)16-19-79(56)70(92)58-33-49(39-77(58)8)73-67(89)57-30-47(38-76(57)7)32-60(85)65-75-62(40-78(65)9)74-63(86)13-11-22-95-61-35-55-54(27-43(61)4)69(91)81-37-42(3)26-50(81)36-71-55/h14-16,19,27,29-30,33,35-36,38-41,44-45,50,53H,3,10-13,17-18,20-26,28,31-32,34,37H2,1-2,4-9H3,(H,72,88)(H,73,89)(H,74,86)/t44?,45-,50-,53-/m0/s1. The van der Waals surface area contributed by atoms with Crippen molar-refractivity contribution in [3.63, 3.8) is 0 Å². The van der Waals surface area contributed by atoms with Gasteiger partial charge in [0.1, 0.15) is 28.7 Å². The molecule has 2 fully saturated rings. The average Bonchev–Trinajstić information content (AvgIpc) is 1.91. The summed E-state index contributed by atoms with van der Waals surface area (Å²) < 4.78 is 23.3. The Kier molecular flexibility index (Phi) is 22.7. The average molecular weight is 1300 g/mol. The predicted molar refractivity (Wildman–Crippen MR) is 353 cm³/mol. The quantitative estimate of drug-likeness (QED) is 0.0156. The molecule has 6 aromatic rings. The Hall–Kier alpha value is -9.75. The normalized spacial score (nSPS) is 15.9. The summed E-state index contributed by atoms with van der Waals surface area (Å²) in [4.78, 5) is 156. The van der Waals surface area contributed by atoms with Crippen molar-refractivity contribution in [2.24, 2.45) is 43.9 Å². The minimum atomic E-state index is -0.853. The number of nitrogens with zero attached hydrogens (tertiary/aromatic N) is 8. The molecule has 7 heterocycles. The molecule has 2 saturated heterocycles. The molecule has 6 amide bonds. The summed E-state index contributed by atoms with van der Waals surface area (Å²) in [7, 11) is 5.01. The lowest BCUT2D eigenvalue weighted by atomic mass is 9.88. The molecule has 1 unspecified atom stereocenters. The maximum Gasteiger partial charge on any atom is 0.279 e. The van der Waals surface area contributed by atoms with Crippen molar-refractivity contribution in [2.45, 2.75) is 117 Å². The Morgan fingerprint density at radius 1 is 0.747 bits per heavy atom. The molecule has 25 heteroatoms. The minimum absolute atomic E-state index is 0.00386. The number of likely N-dealkylation sites (tertiary alicyclic amines) is 1. The van der Waals surface area contributed by atoms with Crippen LogP contribution in [0.4, 0.5) is 17.2 Å². The number of rotatable bonds is 33. The van der Waals surface area contributed by atoms with E-state index in [4.69, 9.17) is 14.2 Å². The number of hydrogen-bond donors (Lipinski definition) is 3. The Morgan fingerprint density at radius 2 is 1.49 bits per heavy atom. The Balaban J connectivity index is 0.678. The minimum Gasteiger partial charge on any atom is -0.493 e. The first kappa shape index (κ1) is 69.6. The van der Waals surface area contributed by atoms with Gasteiger partial charge in [0.15, 0.2) is 17.4 Å². The lowest BCUT2D eigenvalue weighted by molar-refractivity contribution is -0.139. The lowest BCUT2D eigenvalue weighted by Crippen LogP contribution is -2.44. The van der Waals surface area contributed by atoms with Crippen LogP contribution < -0.4 is 20.7 Å². The van der Waals surface area contributed by atoms with E-state index < -0.39 is 23.8 Å². The van der Waals surface area contributed by atoms with E-state index in [2.05, 4.69) is 32.5 Å². The van der Waals surface area contributed by atoms with Crippen molar-refractivity contribution in [3.8, 4) is 5.75 Å². The van der Waals surface area contributed by atoms with Gasteiger partial charge in [-0.1, -0.05) is 39.0 Å². The lowest BCUT2D eigenvalue weighted by Gasteiger charge is -2.22. The third kappa shape index (κ3) is 17.3. The van der Waals surface area contributed by atoms with Crippen LogP contribution in [0.2, 0.25) is 0 Å². The van der Waals surface area contributed by atoms with Crippen LogP contribution >= 0.6 is 0 Å². The first-order valence-corrected chi connectivity index (χ1v) is 32.1. The molecule has 0 radical (unpaired) electrons. The molecule has 0 aliphatic carbocycles. The molecule has 0 spiro atoms. The van der Waals surface area contributed by atoms with Crippen LogP contribution in [0.3, 0.4) is 0 Å². The number of imidazole rings is 1. The summed E-state index contributed by atoms with van der Waals surface area (Å²) in [6, 6.07) is 12.8. The number of aryl methyl sites for hydroxylation is 4. The highest BCUT2D eigenvalue weighted by molar-refractivity contribution is 6.07. The number of amides is 6. The SMILES string of the molecule is C=C1C[C@H]2C=Nc3cc(OCCCC(=O)Nc4cn(C)c(C(=O)Cc5cc(C(=O)Nc6cc(C(=O)n7ccc8cc(CC(=O)[C@H](C)NC(=O)[C@@H](CC(=O)CCOCCOCCCC(=O)CCN9C(=O)CC(C)C9=O)C(C)C)ccc87)n(C)c6)n(C)c5)n4)c(C)cc3C(=O)N2C1. The molecule has 0 bridgehead atoms. The Bertz CT molecular complexity index is 4030. The zero-order valence-electron chi connectivity index (χ0n) is 55.1. The zero-order valence-corrected chi connectivity index (χ0v) is 55.1.